The standard InChI is InChI=1S/C23H27N5O5S2/c1-32-18-7-5-6-16(12-18)13-20(23(29)33-2)28(25)15-17(24)14-27-35(30,31)22-10-9-21(34-22)19-8-3-4-11-26-19/h3-12,15,20,27H,13-14,24-25H2,1-2H3/b17-15-/t20-/m0/s1. The number of rotatable bonds is 11. The molecule has 0 aliphatic heterocycles. The van der Waals surface area contributed by atoms with Gasteiger partial charge >= 0.3 is 5.97 Å². The summed E-state index contributed by atoms with van der Waals surface area (Å²) >= 11 is 1.09. The summed E-state index contributed by atoms with van der Waals surface area (Å²) in [6.45, 7) is -0.208. The van der Waals surface area contributed by atoms with Gasteiger partial charge in [-0.2, -0.15) is 0 Å². The topological polar surface area (TPSA) is 150 Å². The molecule has 0 amide bonds. The summed E-state index contributed by atoms with van der Waals surface area (Å²) in [6.07, 6.45) is 3.17. The van der Waals surface area contributed by atoms with E-state index in [1.165, 1.54) is 19.4 Å². The lowest BCUT2D eigenvalue weighted by atomic mass is 10.1. The molecule has 5 N–H and O–H groups in total. The van der Waals surface area contributed by atoms with Gasteiger partial charge in [-0.3, -0.25) is 4.98 Å². The third kappa shape index (κ3) is 7.02. The number of carbonyl (C=O) groups is 1. The summed E-state index contributed by atoms with van der Waals surface area (Å²) in [6, 6.07) is 14.9. The molecule has 10 nitrogen and oxygen atoms in total. The van der Waals surface area contributed by atoms with E-state index in [-0.39, 0.29) is 22.9 Å². The minimum atomic E-state index is -3.82. The first-order chi connectivity index (χ1) is 16.7. The summed E-state index contributed by atoms with van der Waals surface area (Å²) in [7, 11) is -1.01. The molecule has 0 spiro atoms. The van der Waals surface area contributed by atoms with Crippen molar-refractivity contribution in [3.8, 4) is 16.3 Å². The van der Waals surface area contributed by atoms with Gasteiger partial charge in [0.25, 0.3) is 0 Å². The Morgan fingerprint density at radius 1 is 1.20 bits per heavy atom. The number of hydrazine groups is 1. The molecule has 3 rings (SSSR count). The van der Waals surface area contributed by atoms with Crippen LogP contribution in [-0.4, -0.2) is 51.2 Å². The van der Waals surface area contributed by atoms with Crippen LogP contribution in [0.2, 0.25) is 0 Å². The number of nitrogens with zero attached hydrogens (tertiary/aromatic N) is 2. The highest BCUT2D eigenvalue weighted by Gasteiger charge is 2.24. The van der Waals surface area contributed by atoms with E-state index in [0.29, 0.717) is 11.4 Å². The van der Waals surface area contributed by atoms with Crippen molar-refractivity contribution in [3.05, 3.63) is 78.3 Å². The maximum atomic E-state index is 12.7. The number of esters is 1. The Balaban J connectivity index is 1.68. The van der Waals surface area contributed by atoms with Crippen molar-refractivity contribution >= 4 is 27.3 Å². The van der Waals surface area contributed by atoms with Gasteiger partial charge in [0.15, 0.2) is 0 Å². The lowest BCUT2D eigenvalue weighted by molar-refractivity contribution is -0.146. The van der Waals surface area contributed by atoms with Crippen LogP contribution in [0.3, 0.4) is 0 Å². The summed E-state index contributed by atoms with van der Waals surface area (Å²) < 4.78 is 38.1. The second kappa shape index (κ2) is 11.8. The summed E-state index contributed by atoms with van der Waals surface area (Å²) in [4.78, 5) is 17.3. The van der Waals surface area contributed by atoms with Gasteiger partial charge in [-0.25, -0.2) is 23.8 Å². The summed E-state index contributed by atoms with van der Waals surface area (Å²) in [5.74, 6) is 6.16. The van der Waals surface area contributed by atoms with Gasteiger partial charge < -0.3 is 20.2 Å². The number of hydrogen-bond acceptors (Lipinski definition) is 10. The molecule has 0 saturated heterocycles. The molecular weight excluding hydrogens is 490 g/mol. The lowest BCUT2D eigenvalue weighted by Crippen LogP contribution is -2.45. The fourth-order valence-electron chi connectivity index (χ4n) is 3.16. The van der Waals surface area contributed by atoms with Gasteiger partial charge in [0.1, 0.15) is 16.0 Å². The van der Waals surface area contributed by atoms with Crippen molar-refractivity contribution in [1.82, 2.24) is 14.7 Å². The van der Waals surface area contributed by atoms with E-state index in [4.69, 9.17) is 21.1 Å². The number of thiophene rings is 1. The van der Waals surface area contributed by atoms with Crippen molar-refractivity contribution in [2.24, 2.45) is 11.6 Å². The Kier molecular flexibility index (Phi) is 8.82. The number of benzene rings is 1. The third-order valence-corrected chi connectivity index (χ3v) is 7.94. The molecule has 3 aromatic rings. The lowest BCUT2D eigenvalue weighted by Gasteiger charge is -2.25. The number of nitrogens with one attached hydrogen (secondary N) is 1. The molecule has 0 aliphatic carbocycles. The molecule has 0 bridgehead atoms. The van der Waals surface area contributed by atoms with Crippen LogP contribution >= 0.6 is 11.3 Å². The van der Waals surface area contributed by atoms with Crippen LogP contribution in [0.25, 0.3) is 10.6 Å². The van der Waals surface area contributed by atoms with E-state index in [1.54, 1.807) is 49.7 Å². The fraction of sp³-hybridized carbons (Fsp3) is 0.217. The zero-order chi connectivity index (χ0) is 25.4. The molecule has 0 saturated carbocycles. The Morgan fingerprint density at radius 2 is 2.00 bits per heavy atom. The first-order valence-electron chi connectivity index (χ1n) is 10.4. The Labute approximate surface area is 208 Å². The molecule has 0 unspecified atom stereocenters. The average Bonchev–Trinajstić information content (AvgIpc) is 3.38. The first kappa shape index (κ1) is 26.2. The number of aromatic nitrogens is 1. The number of nitrogens with two attached hydrogens (primary N) is 2. The second-order valence-electron chi connectivity index (χ2n) is 7.40. The second-order valence-corrected chi connectivity index (χ2v) is 10.5. The number of methoxy groups -OCH3 is 2. The highest BCUT2D eigenvalue weighted by atomic mass is 32.2. The van der Waals surface area contributed by atoms with Crippen molar-refractivity contribution in [3.63, 3.8) is 0 Å². The molecule has 12 heteroatoms. The van der Waals surface area contributed by atoms with Crippen LogP contribution in [0.5, 0.6) is 5.75 Å². The summed E-state index contributed by atoms with van der Waals surface area (Å²) in [5, 5.41) is 1.11. The maximum Gasteiger partial charge on any atom is 0.330 e. The highest BCUT2D eigenvalue weighted by Crippen LogP contribution is 2.29. The third-order valence-electron chi connectivity index (χ3n) is 4.94. The van der Waals surface area contributed by atoms with Crippen LogP contribution in [0.4, 0.5) is 0 Å². The first-order valence-corrected chi connectivity index (χ1v) is 12.7. The van der Waals surface area contributed by atoms with Crippen molar-refractivity contribution < 1.29 is 22.7 Å². The van der Waals surface area contributed by atoms with E-state index < -0.39 is 22.0 Å². The minimum absolute atomic E-state index is 0.108. The van der Waals surface area contributed by atoms with Crippen LogP contribution in [0.15, 0.2) is 76.9 Å². The summed E-state index contributed by atoms with van der Waals surface area (Å²) in [5.41, 5.74) is 7.59. The van der Waals surface area contributed by atoms with Gasteiger partial charge in [0, 0.05) is 24.5 Å². The predicted octanol–water partition coefficient (Wildman–Crippen LogP) is 1.86. The average molecular weight is 518 g/mol. The van der Waals surface area contributed by atoms with Crippen LogP contribution in [0, 0.1) is 0 Å². The molecule has 186 valence electrons. The van der Waals surface area contributed by atoms with Crippen LogP contribution in [-0.2, 0) is 26.0 Å². The highest BCUT2D eigenvalue weighted by molar-refractivity contribution is 7.91. The van der Waals surface area contributed by atoms with Crippen molar-refractivity contribution in [2.45, 2.75) is 16.7 Å². The predicted molar refractivity (Wildman–Crippen MR) is 134 cm³/mol. The molecule has 0 radical (unpaired) electrons. The normalized spacial score (nSPS) is 12.7. The Hall–Kier alpha value is -3.45. The van der Waals surface area contributed by atoms with Gasteiger partial charge in [-0.05, 0) is 42.0 Å². The molecule has 1 aromatic carbocycles. The molecule has 0 aliphatic rings. The molecule has 1 atom stereocenters. The fourth-order valence-corrected chi connectivity index (χ4v) is 5.50. The molecule has 35 heavy (non-hydrogen) atoms. The SMILES string of the molecule is COC(=O)[C@H](Cc1cccc(OC)c1)N(N)/C=C(\N)CNS(=O)(=O)c1ccc(-c2ccccn2)s1. The van der Waals surface area contributed by atoms with Gasteiger partial charge in [0.2, 0.25) is 10.0 Å². The minimum Gasteiger partial charge on any atom is -0.497 e. The molecule has 0 fully saturated rings. The van der Waals surface area contributed by atoms with Crippen molar-refractivity contribution in [1.29, 1.82) is 0 Å². The largest absolute Gasteiger partial charge is 0.497 e. The smallest absolute Gasteiger partial charge is 0.330 e. The van der Waals surface area contributed by atoms with E-state index in [9.17, 15) is 13.2 Å². The zero-order valence-electron chi connectivity index (χ0n) is 19.2. The van der Waals surface area contributed by atoms with Gasteiger partial charge in [-0.1, -0.05) is 18.2 Å². The van der Waals surface area contributed by atoms with E-state index in [2.05, 4.69) is 9.71 Å². The number of carbonyl (C=O) groups excluding carboxylic acids is 1. The molecule has 2 heterocycles. The van der Waals surface area contributed by atoms with E-state index in [1.807, 2.05) is 12.1 Å². The van der Waals surface area contributed by atoms with E-state index >= 15 is 0 Å². The number of pyridine rings is 1. The molecular formula is C23H27N5O5S2. The molecule has 2 aromatic heterocycles. The Morgan fingerprint density at radius 3 is 2.69 bits per heavy atom. The Bertz CT molecular complexity index is 1280. The zero-order valence-corrected chi connectivity index (χ0v) is 20.9. The number of ether oxygens (including phenoxy) is 2. The van der Waals surface area contributed by atoms with E-state index in [0.717, 1.165) is 26.8 Å². The number of sulfonamides is 1. The van der Waals surface area contributed by atoms with Gasteiger partial charge in [0.05, 0.1) is 31.3 Å². The van der Waals surface area contributed by atoms with Crippen LogP contribution in [0.1, 0.15) is 5.56 Å². The quantitative estimate of drug-likeness (QED) is 0.197. The maximum absolute atomic E-state index is 12.7. The van der Waals surface area contributed by atoms with Crippen molar-refractivity contribution in [2.75, 3.05) is 20.8 Å². The van der Waals surface area contributed by atoms with Gasteiger partial charge in [-0.15, -0.1) is 11.3 Å². The van der Waals surface area contributed by atoms with Crippen LogP contribution < -0.4 is 21.0 Å². The number of hydrogen-bond donors (Lipinski definition) is 3. The monoisotopic (exact) mass is 517 g/mol.